The summed E-state index contributed by atoms with van der Waals surface area (Å²) in [7, 11) is 1.50. The molecule has 1 saturated carbocycles. The van der Waals surface area contributed by atoms with E-state index in [-0.39, 0.29) is 22.0 Å². The number of carbonyl (C=O) groups excluding carboxylic acids is 2. The van der Waals surface area contributed by atoms with Crippen molar-refractivity contribution in [2.75, 3.05) is 37.9 Å². The fourth-order valence-electron chi connectivity index (χ4n) is 1.87. The molecule has 8 heteroatoms. The van der Waals surface area contributed by atoms with Gasteiger partial charge >= 0.3 is 0 Å². The third-order valence-electron chi connectivity index (χ3n) is 3.21. The number of nitrogen functional groups attached to an aromatic ring is 1. The summed E-state index contributed by atoms with van der Waals surface area (Å²) < 4.78 is 5.50. The number of nitrogens with two attached hydrogens (primary N) is 2. The molecule has 0 atom stereocenters. The third kappa shape index (κ3) is 3.85. The van der Waals surface area contributed by atoms with Gasteiger partial charge in [0.05, 0.1) is 17.9 Å². The van der Waals surface area contributed by atoms with Crippen LogP contribution in [0.1, 0.15) is 32.9 Å². The van der Waals surface area contributed by atoms with E-state index in [2.05, 4.69) is 10.6 Å². The van der Waals surface area contributed by atoms with Crippen molar-refractivity contribution < 1.29 is 14.3 Å². The molecule has 1 heterocycles. The summed E-state index contributed by atoms with van der Waals surface area (Å²) in [6, 6.07) is 0. The number of carbonyl (C=O) groups is 2. The van der Waals surface area contributed by atoms with Crippen molar-refractivity contribution in [3.63, 3.8) is 0 Å². The Labute approximate surface area is 127 Å². The molecule has 0 aromatic carbocycles. The Morgan fingerprint density at radius 1 is 1.43 bits per heavy atom. The van der Waals surface area contributed by atoms with Gasteiger partial charge in [0.15, 0.2) is 0 Å². The monoisotopic (exact) mass is 312 g/mol. The average Bonchev–Trinajstić information content (AvgIpc) is 3.20. The van der Waals surface area contributed by atoms with Gasteiger partial charge in [0, 0.05) is 20.2 Å². The normalized spacial score (nSPS) is 14.0. The van der Waals surface area contributed by atoms with Crippen LogP contribution in [0.2, 0.25) is 0 Å². The van der Waals surface area contributed by atoms with Crippen molar-refractivity contribution in [1.82, 2.24) is 5.32 Å². The Morgan fingerprint density at radius 2 is 2.14 bits per heavy atom. The molecule has 7 nitrogen and oxygen atoms in total. The van der Waals surface area contributed by atoms with Gasteiger partial charge in [-0.2, -0.15) is 0 Å². The molecule has 6 N–H and O–H groups in total. The molecule has 0 aliphatic heterocycles. The van der Waals surface area contributed by atoms with Crippen LogP contribution in [-0.2, 0) is 4.74 Å². The third-order valence-corrected chi connectivity index (χ3v) is 4.37. The van der Waals surface area contributed by atoms with Crippen LogP contribution in [-0.4, -0.2) is 38.6 Å². The standard InChI is InChI=1S/C13H20N4O3S/c1-16-12(19)10-9(14)8(11(15)18)13(21-10)17-4-5-20-6-7-2-3-7/h7,17H,2-6,14H2,1H3,(H2,15,18)(H,16,19). The molecule has 1 aliphatic rings. The van der Waals surface area contributed by atoms with Crippen molar-refractivity contribution in [3.8, 4) is 0 Å². The maximum atomic E-state index is 11.7. The molecule has 116 valence electrons. The van der Waals surface area contributed by atoms with Gasteiger partial charge in [0.25, 0.3) is 11.8 Å². The number of nitrogens with one attached hydrogen (secondary N) is 2. The minimum atomic E-state index is -0.652. The first-order valence-electron chi connectivity index (χ1n) is 6.80. The maximum Gasteiger partial charge on any atom is 0.263 e. The van der Waals surface area contributed by atoms with E-state index >= 15 is 0 Å². The number of hydrogen-bond acceptors (Lipinski definition) is 6. The summed E-state index contributed by atoms with van der Waals surface area (Å²) in [6.45, 7) is 1.84. The van der Waals surface area contributed by atoms with Gasteiger partial charge < -0.3 is 26.8 Å². The van der Waals surface area contributed by atoms with Gasteiger partial charge in [-0.3, -0.25) is 9.59 Å². The first-order chi connectivity index (χ1) is 10.0. The van der Waals surface area contributed by atoms with E-state index in [0.29, 0.717) is 24.1 Å². The van der Waals surface area contributed by atoms with Crippen molar-refractivity contribution in [1.29, 1.82) is 0 Å². The van der Waals surface area contributed by atoms with Crippen LogP contribution >= 0.6 is 11.3 Å². The van der Waals surface area contributed by atoms with Crippen LogP contribution < -0.4 is 22.1 Å². The summed E-state index contributed by atoms with van der Waals surface area (Å²) in [5.74, 6) is -0.276. The van der Waals surface area contributed by atoms with Gasteiger partial charge in [-0.25, -0.2) is 0 Å². The molecule has 0 bridgehead atoms. The molecule has 21 heavy (non-hydrogen) atoms. The molecule has 2 rings (SSSR count). The molecule has 0 saturated heterocycles. The predicted molar refractivity (Wildman–Crippen MR) is 82.7 cm³/mol. The molecular weight excluding hydrogens is 292 g/mol. The zero-order valence-electron chi connectivity index (χ0n) is 11.9. The number of rotatable bonds is 8. The van der Waals surface area contributed by atoms with Gasteiger partial charge in [0.2, 0.25) is 0 Å². The van der Waals surface area contributed by atoms with Crippen LogP contribution in [0, 0.1) is 5.92 Å². The minimum Gasteiger partial charge on any atom is -0.397 e. The Morgan fingerprint density at radius 3 is 2.71 bits per heavy atom. The fraction of sp³-hybridized carbons (Fsp3) is 0.538. The van der Waals surface area contributed by atoms with Crippen molar-refractivity contribution in [3.05, 3.63) is 10.4 Å². The molecule has 0 radical (unpaired) electrons. The lowest BCUT2D eigenvalue weighted by atomic mass is 10.2. The molecule has 2 amide bonds. The molecular formula is C13H20N4O3S. The highest BCUT2D eigenvalue weighted by Crippen LogP contribution is 2.35. The highest BCUT2D eigenvalue weighted by atomic mass is 32.1. The largest absolute Gasteiger partial charge is 0.397 e. The van der Waals surface area contributed by atoms with E-state index < -0.39 is 5.91 Å². The van der Waals surface area contributed by atoms with Crippen LogP contribution in [0.25, 0.3) is 0 Å². The summed E-state index contributed by atoms with van der Waals surface area (Å²) in [5, 5.41) is 6.05. The lowest BCUT2D eigenvalue weighted by Crippen LogP contribution is -2.19. The highest BCUT2D eigenvalue weighted by Gasteiger charge is 2.24. The minimum absolute atomic E-state index is 0.119. The number of ether oxygens (including phenoxy) is 1. The first kappa shape index (κ1) is 15.6. The number of primary amides is 1. The highest BCUT2D eigenvalue weighted by molar-refractivity contribution is 7.19. The van der Waals surface area contributed by atoms with Crippen LogP contribution in [0.15, 0.2) is 0 Å². The first-order valence-corrected chi connectivity index (χ1v) is 7.62. The van der Waals surface area contributed by atoms with Gasteiger partial charge in [-0.15, -0.1) is 11.3 Å². The molecule has 0 unspecified atom stereocenters. The second kappa shape index (κ2) is 6.77. The molecule has 1 aromatic rings. The number of anilines is 2. The van der Waals surface area contributed by atoms with Crippen molar-refractivity contribution >= 4 is 33.8 Å². The van der Waals surface area contributed by atoms with E-state index in [9.17, 15) is 9.59 Å². The van der Waals surface area contributed by atoms with Crippen LogP contribution in [0.3, 0.4) is 0 Å². The topological polar surface area (TPSA) is 119 Å². The lowest BCUT2D eigenvalue weighted by molar-refractivity contribution is 0.0967. The molecule has 0 spiro atoms. The predicted octanol–water partition coefficient (Wildman–Crippen LogP) is 0.627. The molecule has 1 fully saturated rings. The number of amides is 2. The SMILES string of the molecule is CNC(=O)c1sc(NCCOCC2CC2)c(C(N)=O)c1N. The summed E-state index contributed by atoms with van der Waals surface area (Å²) in [4.78, 5) is 23.5. The van der Waals surface area contributed by atoms with Crippen molar-refractivity contribution in [2.45, 2.75) is 12.8 Å². The van der Waals surface area contributed by atoms with Crippen LogP contribution in [0.5, 0.6) is 0 Å². The smallest absolute Gasteiger partial charge is 0.263 e. The summed E-state index contributed by atoms with van der Waals surface area (Å²) >= 11 is 1.12. The summed E-state index contributed by atoms with van der Waals surface area (Å²) in [5.41, 5.74) is 11.5. The average molecular weight is 312 g/mol. The zero-order chi connectivity index (χ0) is 15.4. The zero-order valence-corrected chi connectivity index (χ0v) is 12.7. The Kier molecular flexibility index (Phi) is 5.03. The summed E-state index contributed by atoms with van der Waals surface area (Å²) in [6.07, 6.45) is 2.49. The maximum absolute atomic E-state index is 11.7. The van der Waals surface area contributed by atoms with Crippen LogP contribution in [0.4, 0.5) is 10.7 Å². The number of thiophene rings is 1. The van der Waals surface area contributed by atoms with E-state index in [4.69, 9.17) is 16.2 Å². The molecule has 1 aromatic heterocycles. The van der Waals surface area contributed by atoms with E-state index in [1.54, 1.807) is 0 Å². The second-order valence-electron chi connectivity index (χ2n) is 4.94. The fourth-order valence-corrected chi connectivity index (χ4v) is 2.96. The Balaban J connectivity index is 1.98. The van der Waals surface area contributed by atoms with Gasteiger partial charge in [-0.1, -0.05) is 0 Å². The van der Waals surface area contributed by atoms with E-state index in [1.165, 1.54) is 19.9 Å². The molecule has 1 aliphatic carbocycles. The quantitative estimate of drug-likeness (QED) is 0.525. The van der Waals surface area contributed by atoms with E-state index in [0.717, 1.165) is 17.9 Å². The number of hydrogen-bond donors (Lipinski definition) is 4. The van der Waals surface area contributed by atoms with E-state index in [1.807, 2.05) is 0 Å². The van der Waals surface area contributed by atoms with Gasteiger partial charge in [0.1, 0.15) is 9.88 Å². The van der Waals surface area contributed by atoms with Crippen molar-refractivity contribution in [2.24, 2.45) is 11.7 Å². The van der Waals surface area contributed by atoms with Gasteiger partial charge in [-0.05, 0) is 18.8 Å². The Bertz CT molecular complexity index is 540. The lowest BCUT2D eigenvalue weighted by Gasteiger charge is -2.06. The second-order valence-corrected chi connectivity index (χ2v) is 5.96. The Hall–Kier alpha value is -1.80.